The van der Waals surface area contributed by atoms with Gasteiger partial charge in [0.25, 0.3) is 11.6 Å². The van der Waals surface area contributed by atoms with E-state index >= 15 is 0 Å². The maximum absolute atomic E-state index is 11.9. The van der Waals surface area contributed by atoms with E-state index in [0.717, 1.165) is 6.54 Å². The van der Waals surface area contributed by atoms with Crippen LogP contribution in [0.25, 0.3) is 0 Å². The minimum atomic E-state index is -0.474. The maximum atomic E-state index is 11.9. The highest BCUT2D eigenvalue weighted by Crippen LogP contribution is 2.16. The molecule has 0 bridgehead atoms. The van der Waals surface area contributed by atoms with Gasteiger partial charge in [-0.05, 0) is 25.0 Å². The first-order chi connectivity index (χ1) is 10.7. The third-order valence-electron chi connectivity index (χ3n) is 4.04. The zero-order valence-electron chi connectivity index (χ0n) is 12.7. The number of nitro groups is 1. The molecule has 0 aromatic heterocycles. The molecular formula is C16H23N3O3. The summed E-state index contributed by atoms with van der Waals surface area (Å²) in [6.07, 6.45) is 7.66. The monoisotopic (exact) mass is 305 g/mol. The summed E-state index contributed by atoms with van der Waals surface area (Å²) in [6.45, 7) is 1.32. The standard InChI is InChI=1S/C16H23N3O3/c20-16(13-7-9-15(10-8-13)19(21)22)18-12-11-17-14-5-3-1-2-4-6-14/h7-10,14,17H,1-6,11-12H2,(H,18,20). The molecule has 0 spiro atoms. The Morgan fingerprint density at radius 2 is 1.73 bits per heavy atom. The number of non-ortho nitro benzene ring substituents is 1. The summed E-state index contributed by atoms with van der Waals surface area (Å²) in [5, 5.41) is 16.9. The number of nitro benzene ring substituents is 1. The zero-order chi connectivity index (χ0) is 15.8. The predicted octanol–water partition coefficient (Wildman–Crippen LogP) is 2.64. The number of amides is 1. The lowest BCUT2D eigenvalue weighted by Gasteiger charge is -2.16. The first kappa shape index (κ1) is 16.4. The van der Waals surface area contributed by atoms with Crippen LogP contribution in [0.4, 0.5) is 5.69 Å². The average Bonchev–Trinajstić information content (AvgIpc) is 2.80. The number of carbonyl (C=O) groups is 1. The second kappa shape index (κ2) is 8.48. The van der Waals surface area contributed by atoms with E-state index in [1.54, 1.807) is 0 Å². The van der Waals surface area contributed by atoms with Gasteiger partial charge in [-0.25, -0.2) is 0 Å². The third kappa shape index (κ3) is 5.11. The molecule has 120 valence electrons. The van der Waals surface area contributed by atoms with Crippen LogP contribution in [0, 0.1) is 10.1 Å². The van der Waals surface area contributed by atoms with Crippen LogP contribution < -0.4 is 10.6 Å². The fourth-order valence-electron chi connectivity index (χ4n) is 2.77. The Kier molecular flexibility index (Phi) is 6.33. The molecule has 1 aliphatic rings. The number of benzene rings is 1. The molecule has 1 saturated carbocycles. The van der Waals surface area contributed by atoms with E-state index in [1.165, 1.54) is 62.8 Å². The van der Waals surface area contributed by atoms with Gasteiger partial charge in [0.2, 0.25) is 0 Å². The Bertz CT molecular complexity index is 494. The first-order valence-corrected chi connectivity index (χ1v) is 7.93. The molecule has 22 heavy (non-hydrogen) atoms. The van der Waals surface area contributed by atoms with Crippen LogP contribution in [0.5, 0.6) is 0 Å². The number of hydrogen-bond acceptors (Lipinski definition) is 4. The summed E-state index contributed by atoms with van der Waals surface area (Å²) in [4.78, 5) is 22.0. The van der Waals surface area contributed by atoms with Crippen molar-refractivity contribution in [3.05, 3.63) is 39.9 Å². The van der Waals surface area contributed by atoms with E-state index in [1.807, 2.05) is 0 Å². The van der Waals surface area contributed by atoms with Gasteiger partial charge in [-0.15, -0.1) is 0 Å². The summed E-state index contributed by atoms with van der Waals surface area (Å²) >= 11 is 0. The third-order valence-corrected chi connectivity index (χ3v) is 4.04. The number of hydrogen-bond donors (Lipinski definition) is 2. The van der Waals surface area contributed by atoms with Gasteiger partial charge in [-0.3, -0.25) is 14.9 Å². The summed E-state index contributed by atoms with van der Waals surface area (Å²) in [5.41, 5.74) is 0.437. The Balaban J connectivity index is 1.69. The molecule has 0 atom stereocenters. The van der Waals surface area contributed by atoms with Crippen molar-refractivity contribution in [1.82, 2.24) is 10.6 Å². The number of rotatable bonds is 6. The second-order valence-corrected chi connectivity index (χ2v) is 5.70. The fourth-order valence-corrected chi connectivity index (χ4v) is 2.77. The molecule has 0 saturated heterocycles. The largest absolute Gasteiger partial charge is 0.351 e. The summed E-state index contributed by atoms with van der Waals surface area (Å²) in [5.74, 6) is -0.197. The molecule has 0 heterocycles. The van der Waals surface area contributed by atoms with Gasteiger partial charge >= 0.3 is 0 Å². The highest BCUT2D eigenvalue weighted by Gasteiger charge is 2.12. The van der Waals surface area contributed by atoms with E-state index in [0.29, 0.717) is 18.2 Å². The highest BCUT2D eigenvalue weighted by atomic mass is 16.6. The summed E-state index contributed by atoms with van der Waals surface area (Å²) in [6, 6.07) is 6.22. The summed E-state index contributed by atoms with van der Waals surface area (Å²) < 4.78 is 0. The molecule has 2 rings (SSSR count). The van der Waals surface area contributed by atoms with Gasteiger partial charge in [0.1, 0.15) is 0 Å². The van der Waals surface area contributed by atoms with E-state index in [2.05, 4.69) is 10.6 Å². The normalized spacial score (nSPS) is 16.0. The lowest BCUT2D eigenvalue weighted by atomic mass is 10.1. The quantitative estimate of drug-likeness (QED) is 0.366. The topological polar surface area (TPSA) is 84.3 Å². The molecule has 6 nitrogen and oxygen atoms in total. The Morgan fingerprint density at radius 3 is 2.32 bits per heavy atom. The van der Waals surface area contributed by atoms with Gasteiger partial charge in [-0.1, -0.05) is 25.7 Å². The summed E-state index contributed by atoms with van der Waals surface area (Å²) in [7, 11) is 0. The SMILES string of the molecule is O=C(NCCNC1CCCCCC1)c1ccc([N+](=O)[O-])cc1. The number of nitrogens with one attached hydrogen (secondary N) is 2. The van der Waals surface area contributed by atoms with E-state index < -0.39 is 4.92 Å². The first-order valence-electron chi connectivity index (χ1n) is 7.93. The van der Waals surface area contributed by atoms with E-state index in [9.17, 15) is 14.9 Å². The predicted molar refractivity (Wildman–Crippen MR) is 84.9 cm³/mol. The molecule has 1 amide bonds. The zero-order valence-corrected chi connectivity index (χ0v) is 12.7. The van der Waals surface area contributed by atoms with Crippen LogP contribution in [0.2, 0.25) is 0 Å². The second-order valence-electron chi connectivity index (χ2n) is 5.70. The molecule has 1 fully saturated rings. The van der Waals surface area contributed by atoms with E-state index in [-0.39, 0.29) is 11.6 Å². The number of carbonyl (C=O) groups excluding carboxylic acids is 1. The van der Waals surface area contributed by atoms with Crippen molar-refractivity contribution < 1.29 is 9.72 Å². The van der Waals surface area contributed by atoms with Crippen LogP contribution in [-0.4, -0.2) is 30.0 Å². The molecule has 1 aliphatic carbocycles. The van der Waals surface area contributed by atoms with Gasteiger partial charge < -0.3 is 10.6 Å². The molecule has 1 aromatic rings. The lowest BCUT2D eigenvalue weighted by Crippen LogP contribution is -2.36. The lowest BCUT2D eigenvalue weighted by molar-refractivity contribution is -0.384. The van der Waals surface area contributed by atoms with E-state index in [4.69, 9.17) is 0 Å². The van der Waals surface area contributed by atoms with Crippen LogP contribution in [-0.2, 0) is 0 Å². The van der Waals surface area contributed by atoms with Crippen molar-refractivity contribution in [3.63, 3.8) is 0 Å². The van der Waals surface area contributed by atoms with Crippen molar-refractivity contribution in [2.45, 2.75) is 44.6 Å². The molecule has 0 radical (unpaired) electrons. The van der Waals surface area contributed by atoms with Gasteiger partial charge in [-0.2, -0.15) is 0 Å². The van der Waals surface area contributed by atoms with Gasteiger partial charge in [0.15, 0.2) is 0 Å². The smallest absolute Gasteiger partial charge is 0.269 e. The average molecular weight is 305 g/mol. The minimum absolute atomic E-state index is 0.00780. The van der Waals surface area contributed by atoms with Crippen molar-refractivity contribution in [2.24, 2.45) is 0 Å². The highest BCUT2D eigenvalue weighted by molar-refractivity contribution is 5.94. The molecule has 6 heteroatoms. The minimum Gasteiger partial charge on any atom is -0.351 e. The molecule has 1 aromatic carbocycles. The molecular weight excluding hydrogens is 282 g/mol. The molecule has 0 unspecified atom stereocenters. The van der Waals surface area contributed by atoms with Gasteiger partial charge in [0.05, 0.1) is 4.92 Å². The van der Waals surface area contributed by atoms with Crippen molar-refractivity contribution >= 4 is 11.6 Å². The Morgan fingerprint density at radius 1 is 1.09 bits per heavy atom. The fraction of sp³-hybridized carbons (Fsp3) is 0.562. The number of nitrogens with zero attached hydrogens (tertiary/aromatic N) is 1. The van der Waals surface area contributed by atoms with Crippen LogP contribution in [0.1, 0.15) is 48.9 Å². The Labute approximate surface area is 130 Å². The molecule has 0 aliphatic heterocycles. The van der Waals surface area contributed by atoms with Crippen LogP contribution in [0.15, 0.2) is 24.3 Å². The van der Waals surface area contributed by atoms with Crippen molar-refractivity contribution in [3.8, 4) is 0 Å². The van der Waals surface area contributed by atoms with Crippen LogP contribution in [0.3, 0.4) is 0 Å². The van der Waals surface area contributed by atoms with Crippen molar-refractivity contribution in [1.29, 1.82) is 0 Å². The maximum Gasteiger partial charge on any atom is 0.269 e. The molecule has 2 N–H and O–H groups in total. The Hall–Kier alpha value is -1.95. The van der Waals surface area contributed by atoms with Crippen LogP contribution >= 0.6 is 0 Å². The van der Waals surface area contributed by atoms with Gasteiger partial charge in [0, 0.05) is 36.8 Å². The van der Waals surface area contributed by atoms with Crippen molar-refractivity contribution in [2.75, 3.05) is 13.1 Å².